The molecule has 0 saturated heterocycles. The van der Waals surface area contributed by atoms with Gasteiger partial charge in [-0.3, -0.25) is 4.98 Å². The van der Waals surface area contributed by atoms with Crippen LogP contribution < -0.4 is 0 Å². The van der Waals surface area contributed by atoms with Gasteiger partial charge in [0.15, 0.2) is 0 Å². The highest BCUT2D eigenvalue weighted by molar-refractivity contribution is 5.59. The number of nitrogens with zero attached hydrogens (tertiary/aromatic N) is 1. The van der Waals surface area contributed by atoms with Gasteiger partial charge in [-0.25, -0.2) is 0 Å². The second kappa shape index (κ2) is 2.19. The first-order chi connectivity index (χ1) is 5.27. The lowest BCUT2D eigenvalue weighted by Gasteiger charge is -2.03. The fourth-order valence-electron chi connectivity index (χ4n) is 1.43. The second-order valence-corrected chi connectivity index (χ2v) is 3.07. The zero-order valence-electron chi connectivity index (χ0n) is 6.83. The minimum atomic E-state index is 0.505. The van der Waals surface area contributed by atoms with E-state index < -0.39 is 0 Å². The van der Waals surface area contributed by atoms with E-state index in [1.807, 2.05) is 6.92 Å². The van der Waals surface area contributed by atoms with E-state index in [2.05, 4.69) is 36.2 Å². The Kier molecular flexibility index (Phi) is 1.31. The Hall–Kier alpha value is -1.11. The van der Waals surface area contributed by atoms with Gasteiger partial charge in [-0.15, -0.1) is 0 Å². The highest BCUT2D eigenvalue weighted by atomic mass is 14.7. The van der Waals surface area contributed by atoms with Gasteiger partial charge < -0.3 is 0 Å². The van der Waals surface area contributed by atoms with Crippen LogP contribution in [0.5, 0.6) is 0 Å². The van der Waals surface area contributed by atoms with Crippen LogP contribution in [0.3, 0.4) is 0 Å². The number of aromatic nitrogens is 1. The predicted octanol–water partition coefficient (Wildman–Crippen LogP) is 2.52. The Morgan fingerprint density at radius 3 is 3.00 bits per heavy atom. The van der Waals surface area contributed by atoms with Crippen LogP contribution in [0.1, 0.15) is 29.8 Å². The molecule has 0 saturated carbocycles. The minimum Gasteiger partial charge on any atom is -0.257 e. The lowest BCUT2D eigenvalue weighted by molar-refractivity contribution is 0.912. The maximum absolute atomic E-state index is 4.47. The van der Waals surface area contributed by atoms with Crippen molar-refractivity contribution in [2.45, 2.75) is 19.8 Å². The summed E-state index contributed by atoms with van der Waals surface area (Å²) in [6, 6.07) is 4.19. The quantitative estimate of drug-likeness (QED) is 0.546. The molecule has 1 aliphatic rings. The molecule has 1 atom stereocenters. The summed E-state index contributed by atoms with van der Waals surface area (Å²) in [5.41, 5.74) is 3.62. The number of pyridine rings is 1. The molecule has 0 amide bonds. The lowest BCUT2D eigenvalue weighted by atomic mass is 10.1. The van der Waals surface area contributed by atoms with Crippen LogP contribution in [0.4, 0.5) is 0 Å². The van der Waals surface area contributed by atoms with Crippen molar-refractivity contribution in [3.8, 4) is 0 Å². The molecule has 0 aliphatic heterocycles. The molecule has 11 heavy (non-hydrogen) atoms. The Morgan fingerprint density at radius 1 is 1.36 bits per heavy atom. The van der Waals surface area contributed by atoms with Gasteiger partial charge in [-0.05, 0) is 18.6 Å². The molecule has 1 nitrogen and oxygen atoms in total. The first-order valence-electron chi connectivity index (χ1n) is 3.93. The number of allylic oxidation sites excluding steroid dienone is 1. The summed E-state index contributed by atoms with van der Waals surface area (Å²) in [4.78, 5) is 4.47. The molecule has 1 aliphatic carbocycles. The summed E-state index contributed by atoms with van der Waals surface area (Å²) in [6.45, 7) is 4.21. The highest BCUT2D eigenvalue weighted by Crippen LogP contribution is 2.27. The van der Waals surface area contributed by atoms with Crippen LogP contribution in [0.2, 0.25) is 0 Å². The third-order valence-corrected chi connectivity index (χ3v) is 2.09. The first-order valence-corrected chi connectivity index (χ1v) is 3.93. The summed E-state index contributed by atoms with van der Waals surface area (Å²) in [5.74, 6) is 0.505. The largest absolute Gasteiger partial charge is 0.257 e. The highest BCUT2D eigenvalue weighted by Gasteiger charge is 2.13. The third-order valence-electron chi connectivity index (χ3n) is 2.09. The Morgan fingerprint density at radius 2 is 2.18 bits per heavy atom. The van der Waals surface area contributed by atoms with E-state index in [1.165, 1.54) is 11.3 Å². The van der Waals surface area contributed by atoms with Gasteiger partial charge in [0.1, 0.15) is 0 Å². The van der Waals surface area contributed by atoms with Gasteiger partial charge in [0.2, 0.25) is 0 Å². The molecular formula is C10H11N. The van der Waals surface area contributed by atoms with Gasteiger partial charge in [0.05, 0.1) is 5.69 Å². The third kappa shape index (κ3) is 0.967. The summed E-state index contributed by atoms with van der Waals surface area (Å²) in [6.07, 6.45) is 4.34. The van der Waals surface area contributed by atoms with E-state index in [0.29, 0.717) is 5.92 Å². The molecule has 2 rings (SSSR count). The second-order valence-electron chi connectivity index (χ2n) is 3.07. The number of rotatable bonds is 0. The average Bonchev–Trinajstić information content (AvgIpc) is 2.33. The number of hydrogen-bond acceptors (Lipinski definition) is 1. The summed E-state index contributed by atoms with van der Waals surface area (Å²) in [7, 11) is 0. The molecule has 1 heterocycles. The fraction of sp³-hybridized carbons (Fsp3) is 0.300. The monoisotopic (exact) mass is 145 g/mol. The molecule has 0 radical (unpaired) electrons. The van der Waals surface area contributed by atoms with E-state index in [0.717, 1.165) is 5.69 Å². The Bertz CT molecular complexity index is 313. The molecule has 0 fully saturated rings. The van der Waals surface area contributed by atoms with E-state index in [1.54, 1.807) is 0 Å². The summed E-state index contributed by atoms with van der Waals surface area (Å²) < 4.78 is 0. The first kappa shape index (κ1) is 6.59. The van der Waals surface area contributed by atoms with Crippen LogP contribution in [0.25, 0.3) is 6.08 Å². The minimum absolute atomic E-state index is 0.505. The van der Waals surface area contributed by atoms with Crippen LogP contribution in [-0.4, -0.2) is 4.98 Å². The van der Waals surface area contributed by atoms with Gasteiger partial charge >= 0.3 is 0 Å². The van der Waals surface area contributed by atoms with Crippen molar-refractivity contribution in [2.24, 2.45) is 0 Å². The van der Waals surface area contributed by atoms with Gasteiger partial charge in [0.25, 0.3) is 0 Å². The van der Waals surface area contributed by atoms with Crippen LogP contribution in [-0.2, 0) is 0 Å². The predicted molar refractivity (Wildman–Crippen MR) is 46.4 cm³/mol. The van der Waals surface area contributed by atoms with Crippen molar-refractivity contribution in [1.29, 1.82) is 0 Å². The standard InChI is InChI=1S/C10H11N/c1-7-3-5-9-6-4-8(2)11-10(7)9/h3-7H,1-2H3. The molecule has 56 valence electrons. The van der Waals surface area contributed by atoms with Gasteiger partial charge in [-0.1, -0.05) is 25.1 Å². The lowest BCUT2D eigenvalue weighted by Crippen LogP contribution is -1.93. The molecular weight excluding hydrogens is 134 g/mol. The molecule has 0 bridgehead atoms. The van der Waals surface area contributed by atoms with Crippen LogP contribution in [0, 0.1) is 6.92 Å². The molecule has 0 aromatic carbocycles. The van der Waals surface area contributed by atoms with Gasteiger partial charge in [-0.2, -0.15) is 0 Å². The van der Waals surface area contributed by atoms with E-state index in [9.17, 15) is 0 Å². The number of hydrogen-bond donors (Lipinski definition) is 0. The summed E-state index contributed by atoms with van der Waals surface area (Å²) >= 11 is 0. The zero-order chi connectivity index (χ0) is 7.84. The maximum atomic E-state index is 4.47. The van der Waals surface area contributed by atoms with Crippen molar-refractivity contribution >= 4 is 6.08 Å². The smallest absolute Gasteiger partial charge is 0.0544 e. The molecule has 1 unspecified atom stereocenters. The van der Waals surface area contributed by atoms with Crippen molar-refractivity contribution in [2.75, 3.05) is 0 Å². The van der Waals surface area contributed by atoms with Gasteiger partial charge in [0, 0.05) is 11.6 Å². The van der Waals surface area contributed by atoms with Crippen molar-refractivity contribution in [3.63, 3.8) is 0 Å². The molecule has 1 aromatic heterocycles. The average molecular weight is 145 g/mol. The Labute approximate surface area is 66.8 Å². The van der Waals surface area contributed by atoms with Crippen molar-refractivity contribution in [1.82, 2.24) is 4.98 Å². The van der Waals surface area contributed by atoms with Crippen LogP contribution in [0.15, 0.2) is 18.2 Å². The summed E-state index contributed by atoms with van der Waals surface area (Å²) in [5, 5.41) is 0. The fourth-order valence-corrected chi connectivity index (χ4v) is 1.43. The normalized spacial score (nSPS) is 20.4. The van der Waals surface area contributed by atoms with Crippen molar-refractivity contribution in [3.05, 3.63) is 35.2 Å². The van der Waals surface area contributed by atoms with Crippen LogP contribution >= 0.6 is 0 Å². The maximum Gasteiger partial charge on any atom is 0.0544 e. The SMILES string of the molecule is Cc1ccc2c(n1)C(C)C=C2. The van der Waals surface area contributed by atoms with E-state index in [-0.39, 0.29) is 0 Å². The number of fused-ring (bicyclic) bond motifs is 1. The topological polar surface area (TPSA) is 12.9 Å². The molecule has 0 N–H and O–H groups in total. The Balaban J connectivity index is 2.58. The molecule has 1 heteroatoms. The van der Waals surface area contributed by atoms with E-state index in [4.69, 9.17) is 0 Å². The van der Waals surface area contributed by atoms with E-state index >= 15 is 0 Å². The molecule has 1 aromatic rings. The molecule has 0 spiro atoms. The number of aryl methyl sites for hydroxylation is 1. The van der Waals surface area contributed by atoms with Crippen molar-refractivity contribution < 1.29 is 0 Å². The zero-order valence-corrected chi connectivity index (χ0v) is 6.83.